The minimum absolute atomic E-state index is 0.0516. The van der Waals surface area contributed by atoms with Crippen LogP contribution in [0.25, 0.3) is 0 Å². The lowest BCUT2D eigenvalue weighted by atomic mass is 9.95. The molecule has 20 heavy (non-hydrogen) atoms. The number of amides is 2. The maximum Gasteiger partial charge on any atom is 0.294 e. The lowest BCUT2D eigenvalue weighted by molar-refractivity contribution is -0.126. The van der Waals surface area contributed by atoms with Crippen molar-refractivity contribution in [1.82, 2.24) is 4.90 Å². The number of Topliss-reactive ketones (excluding diaryl/α,β-unsaturated/α-hetero) is 1. The Hall–Kier alpha value is -2.89. The van der Waals surface area contributed by atoms with Gasteiger partial charge in [-0.05, 0) is 12.1 Å². The topological polar surface area (TPSA) is 79.2 Å². The smallest absolute Gasteiger partial charge is 0.294 e. The van der Waals surface area contributed by atoms with Gasteiger partial charge < -0.3 is 0 Å². The van der Waals surface area contributed by atoms with Gasteiger partial charge in [0.1, 0.15) is 5.70 Å². The average molecular weight is 265 g/mol. The number of aliphatic imine (C=N–C) groups is 2. The molecule has 0 aliphatic carbocycles. The lowest BCUT2D eigenvalue weighted by Gasteiger charge is -2.18. The van der Waals surface area contributed by atoms with Gasteiger partial charge in [-0.1, -0.05) is 12.1 Å². The molecule has 1 aromatic rings. The highest BCUT2D eigenvalue weighted by atomic mass is 16.2. The molecular formula is C14H7N3O3. The summed E-state index contributed by atoms with van der Waals surface area (Å²) < 4.78 is 0. The van der Waals surface area contributed by atoms with E-state index in [-0.39, 0.29) is 23.6 Å². The predicted molar refractivity (Wildman–Crippen MR) is 70.1 cm³/mol. The first-order valence-corrected chi connectivity index (χ1v) is 6.02. The third kappa shape index (κ3) is 1.25. The second-order valence-corrected chi connectivity index (χ2v) is 4.62. The Balaban J connectivity index is 2.00. The second-order valence-electron chi connectivity index (χ2n) is 4.62. The molecule has 2 amide bonds. The Labute approximate surface area is 113 Å². The number of carbonyl (C=O) groups is 3. The molecule has 0 spiro atoms. The lowest BCUT2D eigenvalue weighted by Crippen LogP contribution is -2.36. The fourth-order valence-corrected chi connectivity index (χ4v) is 2.61. The number of carbonyl (C=O) groups excluding carboxylic acids is 3. The molecule has 0 N–H and O–H groups in total. The van der Waals surface area contributed by atoms with Crippen LogP contribution in [0.3, 0.4) is 0 Å². The Bertz CT molecular complexity index is 802. The number of ketones is 1. The molecule has 0 aromatic heterocycles. The van der Waals surface area contributed by atoms with E-state index in [4.69, 9.17) is 0 Å². The van der Waals surface area contributed by atoms with Gasteiger partial charge in [-0.2, -0.15) is 0 Å². The number of nitrogens with zero attached hydrogens (tertiary/aromatic N) is 3. The van der Waals surface area contributed by atoms with Gasteiger partial charge in [0.15, 0.2) is 5.78 Å². The van der Waals surface area contributed by atoms with Crippen LogP contribution in [0.1, 0.15) is 10.4 Å². The van der Waals surface area contributed by atoms with Crippen LogP contribution in [0.5, 0.6) is 0 Å². The molecule has 0 saturated heterocycles. The zero-order valence-electron chi connectivity index (χ0n) is 10.2. The third-order valence-corrected chi connectivity index (χ3v) is 3.50. The maximum absolute atomic E-state index is 12.5. The monoisotopic (exact) mass is 265 g/mol. The summed E-state index contributed by atoms with van der Waals surface area (Å²) in [5.74, 6) is -1.25. The van der Waals surface area contributed by atoms with Crippen molar-refractivity contribution in [2.24, 2.45) is 9.98 Å². The Kier molecular flexibility index (Phi) is 1.96. The van der Waals surface area contributed by atoms with Crippen LogP contribution < -0.4 is 0 Å². The number of hydrogen-bond donors (Lipinski definition) is 0. The van der Waals surface area contributed by atoms with Crippen molar-refractivity contribution in [3.05, 3.63) is 41.1 Å². The van der Waals surface area contributed by atoms with Gasteiger partial charge >= 0.3 is 0 Å². The molecule has 0 unspecified atom stereocenters. The first-order valence-electron chi connectivity index (χ1n) is 6.02. The molecular weight excluding hydrogens is 258 g/mol. The summed E-state index contributed by atoms with van der Waals surface area (Å²) in [6.07, 6.45) is 0.974. The zero-order valence-corrected chi connectivity index (χ0v) is 10.2. The van der Waals surface area contributed by atoms with Crippen molar-refractivity contribution >= 4 is 35.2 Å². The third-order valence-electron chi connectivity index (χ3n) is 3.50. The van der Waals surface area contributed by atoms with Crippen LogP contribution in [0.15, 0.2) is 45.5 Å². The van der Waals surface area contributed by atoms with Gasteiger partial charge in [0.05, 0.1) is 29.7 Å². The summed E-state index contributed by atoms with van der Waals surface area (Å²) in [5.41, 5.74) is 1.72. The van der Waals surface area contributed by atoms with Gasteiger partial charge in [0.25, 0.3) is 11.8 Å². The molecule has 1 aromatic carbocycles. The summed E-state index contributed by atoms with van der Waals surface area (Å²) in [4.78, 5) is 45.3. The maximum atomic E-state index is 12.5. The molecule has 3 heterocycles. The van der Waals surface area contributed by atoms with Crippen LogP contribution in [0.2, 0.25) is 0 Å². The number of benzene rings is 1. The van der Waals surface area contributed by atoms with Crippen molar-refractivity contribution in [3.8, 4) is 0 Å². The summed E-state index contributed by atoms with van der Waals surface area (Å²) in [6, 6.07) is 6.92. The molecule has 0 radical (unpaired) electrons. The van der Waals surface area contributed by atoms with Crippen LogP contribution in [-0.4, -0.2) is 41.0 Å². The van der Waals surface area contributed by atoms with E-state index >= 15 is 0 Å². The van der Waals surface area contributed by atoms with Gasteiger partial charge in [-0.25, -0.2) is 9.98 Å². The van der Waals surface area contributed by atoms with Gasteiger partial charge in [-0.15, -0.1) is 0 Å². The fraction of sp³-hybridized carbons (Fsp3) is 0.0714. The van der Waals surface area contributed by atoms with Gasteiger partial charge in [0.2, 0.25) is 0 Å². The number of rotatable bonds is 0. The number of hydrogen-bond acceptors (Lipinski definition) is 4. The Morgan fingerprint density at radius 3 is 2.75 bits per heavy atom. The first kappa shape index (κ1) is 11.0. The molecule has 0 fully saturated rings. The van der Waals surface area contributed by atoms with Crippen molar-refractivity contribution in [2.45, 2.75) is 0 Å². The molecule has 96 valence electrons. The van der Waals surface area contributed by atoms with E-state index in [2.05, 4.69) is 9.98 Å². The summed E-state index contributed by atoms with van der Waals surface area (Å²) in [5, 5.41) is 0. The molecule has 4 rings (SSSR count). The minimum atomic E-state index is -0.572. The van der Waals surface area contributed by atoms with Crippen molar-refractivity contribution in [2.75, 3.05) is 6.54 Å². The van der Waals surface area contributed by atoms with E-state index < -0.39 is 11.8 Å². The van der Waals surface area contributed by atoms with E-state index in [0.29, 0.717) is 17.0 Å². The van der Waals surface area contributed by atoms with E-state index in [1.54, 1.807) is 24.3 Å². The largest absolute Gasteiger partial charge is 0.296 e. The average Bonchev–Trinajstić information content (AvgIpc) is 2.84. The summed E-state index contributed by atoms with van der Waals surface area (Å²) in [6.45, 7) is 0.140. The predicted octanol–water partition coefficient (Wildman–Crippen LogP) is 0.663. The highest BCUT2D eigenvalue weighted by Gasteiger charge is 2.43. The Morgan fingerprint density at radius 1 is 1.10 bits per heavy atom. The van der Waals surface area contributed by atoms with Crippen molar-refractivity contribution < 1.29 is 14.4 Å². The minimum Gasteiger partial charge on any atom is -0.296 e. The molecule has 0 bridgehead atoms. The molecule has 3 aliphatic heterocycles. The number of fused-ring (bicyclic) bond motifs is 3. The fourth-order valence-electron chi connectivity index (χ4n) is 2.61. The normalized spacial score (nSPS) is 19.9. The first-order chi connectivity index (χ1) is 9.66. The van der Waals surface area contributed by atoms with E-state index in [1.165, 1.54) is 4.90 Å². The standard InChI is InChI=1S/C14H7N3O3/c18-10-5-15-14(20)12-11-9(6-17(10)12)16-8-4-2-1-3-7(8)13(11)19/h1-5H,6H2. The van der Waals surface area contributed by atoms with Gasteiger partial charge in [-0.3, -0.25) is 19.3 Å². The quantitative estimate of drug-likeness (QED) is 0.691. The molecule has 6 heteroatoms. The SMILES string of the molecule is O=C1N=CC(=O)N2CC3=Nc4ccccc4C(=O)C3=C12. The highest BCUT2D eigenvalue weighted by molar-refractivity contribution is 6.42. The van der Waals surface area contributed by atoms with Crippen LogP contribution in [0, 0.1) is 0 Å². The zero-order chi connectivity index (χ0) is 13.9. The Morgan fingerprint density at radius 2 is 1.90 bits per heavy atom. The van der Waals surface area contributed by atoms with Crippen molar-refractivity contribution in [1.29, 1.82) is 0 Å². The molecule has 3 aliphatic rings. The van der Waals surface area contributed by atoms with E-state index in [1.807, 2.05) is 0 Å². The van der Waals surface area contributed by atoms with Crippen LogP contribution in [-0.2, 0) is 9.59 Å². The summed E-state index contributed by atoms with van der Waals surface area (Å²) >= 11 is 0. The number of para-hydroxylation sites is 1. The van der Waals surface area contributed by atoms with Gasteiger partial charge in [0, 0.05) is 5.56 Å². The molecule has 0 saturated carbocycles. The summed E-state index contributed by atoms with van der Waals surface area (Å²) in [7, 11) is 0. The van der Waals surface area contributed by atoms with E-state index in [0.717, 1.165) is 6.21 Å². The highest BCUT2D eigenvalue weighted by Crippen LogP contribution is 2.35. The van der Waals surface area contributed by atoms with Crippen LogP contribution in [0.4, 0.5) is 5.69 Å². The van der Waals surface area contributed by atoms with E-state index in [9.17, 15) is 14.4 Å². The molecule has 6 nitrogen and oxygen atoms in total. The second kappa shape index (κ2) is 3.57. The molecule has 0 atom stereocenters. The van der Waals surface area contributed by atoms with Crippen molar-refractivity contribution in [3.63, 3.8) is 0 Å². The van der Waals surface area contributed by atoms with Crippen LogP contribution >= 0.6 is 0 Å².